The van der Waals surface area contributed by atoms with Gasteiger partial charge in [0.1, 0.15) is 11.9 Å². The van der Waals surface area contributed by atoms with Crippen LogP contribution >= 0.6 is 0 Å². The van der Waals surface area contributed by atoms with Crippen LogP contribution in [0.25, 0.3) is 11.0 Å². The molecule has 0 saturated carbocycles. The van der Waals surface area contributed by atoms with Crippen LogP contribution in [-0.4, -0.2) is 20.9 Å². The molecule has 0 bridgehead atoms. The average Bonchev–Trinajstić information content (AvgIpc) is 2.55. The van der Waals surface area contributed by atoms with E-state index in [1.54, 1.807) is 42.7 Å². The van der Waals surface area contributed by atoms with Gasteiger partial charge in [-0.3, -0.25) is 14.8 Å². The predicted octanol–water partition coefficient (Wildman–Crippen LogP) is 2.15. The Labute approximate surface area is 120 Å². The third kappa shape index (κ3) is 2.67. The van der Waals surface area contributed by atoms with Crippen LogP contribution in [0.4, 0.5) is 5.82 Å². The second-order valence-corrected chi connectivity index (χ2v) is 4.26. The summed E-state index contributed by atoms with van der Waals surface area (Å²) in [7, 11) is 0. The van der Waals surface area contributed by atoms with E-state index in [-0.39, 0.29) is 5.91 Å². The summed E-state index contributed by atoms with van der Waals surface area (Å²) < 4.78 is 0. The molecule has 2 heterocycles. The summed E-state index contributed by atoms with van der Waals surface area (Å²) in [5, 5.41) is 11.4. The van der Waals surface area contributed by atoms with Gasteiger partial charge in [0.05, 0.1) is 16.6 Å². The van der Waals surface area contributed by atoms with E-state index in [4.69, 9.17) is 5.26 Å². The monoisotopic (exact) mass is 275 g/mol. The Hall–Kier alpha value is -3.33. The third-order valence-corrected chi connectivity index (χ3v) is 2.87. The minimum Gasteiger partial charge on any atom is -0.307 e. The second-order valence-electron chi connectivity index (χ2n) is 4.26. The first-order chi connectivity index (χ1) is 10.3. The number of rotatable bonds is 2. The Morgan fingerprint density at radius 1 is 1.05 bits per heavy atom. The fraction of sp³-hybridized carbons (Fsp3) is 0. The van der Waals surface area contributed by atoms with Gasteiger partial charge in [-0.2, -0.15) is 5.26 Å². The van der Waals surface area contributed by atoms with Crippen molar-refractivity contribution in [3.63, 3.8) is 0 Å². The standard InChI is InChI=1S/C15H9N5O/c16-8-10-1-4-14(19-9-10)20-15(21)11-2-3-12-13(7-11)18-6-5-17-12/h1-7,9H,(H,19,20,21). The van der Waals surface area contributed by atoms with Gasteiger partial charge in [-0.15, -0.1) is 0 Å². The van der Waals surface area contributed by atoms with E-state index in [2.05, 4.69) is 20.3 Å². The van der Waals surface area contributed by atoms with Crippen LogP contribution in [0.5, 0.6) is 0 Å². The number of nitriles is 1. The number of nitrogens with zero attached hydrogens (tertiary/aromatic N) is 4. The van der Waals surface area contributed by atoms with E-state index in [0.717, 1.165) is 5.52 Å². The Morgan fingerprint density at radius 3 is 2.57 bits per heavy atom. The highest BCUT2D eigenvalue weighted by Gasteiger charge is 2.08. The van der Waals surface area contributed by atoms with Crippen molar-refractivity contribution in [2.24, 2.45) is 0 Å². The number of amides is 1. The number of aromatic nitrogens is 3. The van der Waals surface area contributed by atoms with Crippen molar-refractivity contribution < 1.29 is 4.79 Å². The van der Waals surface area contributed by atoms with E-state index in [1.165, 1.54) is 6.20 Å². The summed E-state index contributed by atoms with van der Waals surface area (Å²) in [6.45, 7) is 0. The molecule has 0 spiro atoms. The van der Waals surface area contributed by atoms with E-state index < -0.39 is 0 Å². The number of fused-ring (bicyclic) bond motifs is 1. The van der Waals surface area contributed by atoms with Crippen LogP contribution in [0, 0.1) is 11.3 Å². The van der Waals surface area contributed by atoms with E-state index in [1.807, 2.05) is 6.07 Å². The van der Waals surface area contributed by atoms with Crippen LogP contribution in [0.3, 0.4) is 0 Å². The van der Waals surface area contributed by atoms with Gasteiger partial charge in [0.15, 0.2) is 0 Å². The number of benzene rings is 1. The summed E-state index contributed by atoms with van der Waals surface area (Å²) >= 11 is 0. The van der Waals surface area contributed by atoms with Crippen LogP contribution in [-0.2, 0) is 0 Å². The van der Waals surface area contributed by atoms with Crippen LogP contribution in [0.15, 0.2) is 48.9 Å². The number of hydrogen-bond donors (Lipinski definition) is 1. The molecule has 21 heavy (non-hydrogen) atoms. The molecule has 6 nitrogen and oxygen atoms in total. The minimum atomic E-state index is -0.292. The first-order valence-corrected chi connectivity index (χ1v) is 6.14. The van der Waals surface area contributed by atoms with Crippen molar-refractivity contribution in [3.8, 4) is 6.07 Å². The molecule has 100 valence electrons. The van der Waals surface area contributed by atoms with E-state index in [9.17, 15) is 4.79 Å². The lowest BCUT2D eigenvalue weighted by Gasteiger charge is -2.05. The largest absolute Gasteiger partial charge is 0.307 e. The van der Waals surface area contributed by atoms with Crippen molar-refractivity contribution in [3.05, 3.63) is 60.0 Å². The first-order valence-electron chi connectivity index (χ1n) is 6.14. The topological polar surface area (TPSA) is 91.6 Å². The molecule has 0 aliphatic rings. The van der Waals surface area contributed by atoms with Gasteiger partial charge in [0.2, 0.25) is 0 Å². The van der Waals surface area contributed by atoms with E-state index in [0.29, 0.717) is 22.5 Å². The molecule has 3 rings (SSSR count). The van der Waals surface area contributed by atoms with E-state index >= 15 is 0 Å². The Balaban J connectivity index is 1.84. The maximum absolute atomic E-state index is 12.1. The lowest BCUT2D eigenvalue weighted by molar-refractivity contribution is 0.102. The maximum Gasteiger partial charge on any atom is 0.256 e. The normalized spacial score (nSPS) is 10.0. The summed E-state index contributed by atoms with van der Waals surface area (Å²) in [5.41, 5.74) is 2.28. The molecular formula is C15H9N5O. The first kappa shape index (κ1) is 12.7. The number of anilines is 1. The Bertz CT molecular complexity index is 852. The molecule has 2 aromatic heterocycles. The third-order valence-electron chi connectivity index (χ3n) is 2.87. The smallest absolute Gasteiger partial charge is 0.256 e. The molecule has 0 aliphatic carbocycles. The summed E-state index contributed by atoms with van der Waals surface area (Å²) in [5.74, 6) is 0.0954. The second kappa shape index (κ2) is 5.35. The molecule has 0 atom stereocenters. The zero-order chi connectivity index (χ0) is 14.7. The predicted molar refractivity (Wildman–Crippen MR) is 76.4 cm³/mol. The number of pyridine rings is 1. The lowest BCUT2D eigenvalue weighted by Crippen LogP contribution is -2.12. The zero-order valence-corrected chi connectivity index (χ0v) is 10.8. The molecule has 0 fully saturated rings. The van der Waals surface area contributed by atoms with Gasteiger partial charge < -0.3 is 5.32 Å². The molecule has 0 unspecified atom stereocenters. The zero-order valence-electron chi connectivity index (χ0n) is 10.8. The maximum atomic E-state index is 12.1. The molecule has 0 radical (unpaired) electrons. The van der Waals surface area contributed by atoms with Gasteiger partial charge in [-0.05, 0) is 30.3 Å². The molecular weight excluding hydrogens is 266 g/mol. The molecule has 1 aromatic carbocycles. The quantitative estimate of drug-likeness (QED) is 0.773. The molecule has 0 saturated heterocycles. The van der Waals surface area contributed by atoms with Gasteiger partial charge >= 0.3 is 0 Å². The summed E-state index contributed by atoms with van der Waals surface area (Å²) in [4.78, 5) is 24.5. The molecule has 1 amide bonds. The van der Waals surface area contributed by atoms with Crippen molar-refractivity contribution in [2.45, 2.75) is 0 Å². The SMILES string of the molecule is N#Cc1ccc(NC(=O)c2ccc3nccnc3c2)nc1. The summed E-state index contributed by atoms with van der Waals surface area (Å²) in [6.07, 6.45) is 4.58. The van der Waals surface area contributed by atoms with Crippen LogP contribution in [0.1, 0.15) is 15.9 Å². The fourth-order valence-corrected chi connectivity index (χ4v) is 1.83. The highest BCUT2D eigenvalue weighted by Crippen LogP contribution is 2.13. The van der Waals surface area contributed by atoms with Gasteiger partial charge in [0, 0.05) is 24.2 Å². The summed E-state index contributed by atoms with van der Waals surface area (Å²) in [6, 6.07) is 10.2. The van der Waals surface area contributed by atoms with Crippen molar-refractivity contribution in [2.75, 3.05) is 5.32 Å². The average molecular weight is 275 g/mol. The number of nitrogens with one attached hydrogen (secondary N) is 1. The molecule has 3 aromatic rings. The number of carbonyl (C=O) groups is 1. The van der Waals surface area contributed by atoms with Crippen molar-refractivity contribution >= 4 is 22.8 Å². The highest BCUT2D eigenvalue weighted by atomic mass is 16.1. The van der Waals surface area contributed by atoms with Crippen LogP contribution < -0.4 is 5.32 Å². The van der Waals surface area contributed by atoms with Gasteiger partial charge in [-0.25, -0.2) is 4.98 Å². The minimum absolute atomic E-state index is 0.292. The van der Waals surface area contributed by atoms with Crippen molar-refractivity contribution in [1.82, 2.24) is 15.0 Å². The molecule has 6 heteroatoms. The van der Waals surface area contributed by atoms with Crippen molar-refractivity contribution in [1.29, 1.82) is 5.26 Å². The Kier molecular flexibility index (Phi) is 3.23. The number of hydrogen-bond acceptors (Lipinski definition) is 5. The van der Waals surface area contributed by atoms with Gasteiger partial charge in [0.25, 0.3) is 5.91 Å². The van der Waals surface area contributed by atoms with Gasteiger partial charge in [-0.1, -0.05) is 0 Å². The highest BCUT2D eigenvalue weighted by molar-refractivity contribution is 6.05. The fourth-order valence-electron chi connectivity index (χ4n) is 1.83. The lowest BCUT2D eigenvalue weighted by atomic mass is 10.2. The molecule has 0 aliphatic heterocycles. The number of carbonyl (C=O) groups excluding carboxylic acids is 1. The molecule has 1 N–H and O–H groups in total. The van der Waals surface area contributed by atoms with Crippen LogP contribution in [0.2, 0.25) is 0 Å². The Morgan fingerprint density at radius 2 is 1.86 bits per heavy atom.